The summed E-state index contributed by atoms with van der Waals surface area (Å²) in [6.45, 7) is 3.81. The number of aromatic nitrogens is 1. The number of halogens is 6. The van der Waals surface area contributed by atoms with E-state index in [9.17, 15) is 31.1 Å². The third kappa shape index (κ3) is 4.80. The average molecular weight is 532 g/mol. The van der Waals surface area contributed by atoms with Crippen LogP contribution < -0.4 is 21.4 Å². The third-order valence-corrected chi connectivity index (χ3v) is 6.78. The van der Waals surface area contributed by atoms with Crippen LogP contribution in [0.1, 0.15) is 44.0 Å². The second-order valence-corrected chi connectivity index (χ2v) is 9.22. The molecule has 1 saturated heterocycles. The van der Waals surface area contributed by atoms with Crippen LogP contribution in [0.15, 0.2) is 30.3 Å². The SMILES string of the molecule is CC1CCC(C)N1c1cccc(C(F)(F)F)c1-c1ccc2c(n1)N(OC(=O)C(F)(F)F)C(N)N(C)C2N. The van der Waals surface area contributed by atoms with Crippen molar-refractivity contribution in [3.63, 3.8) is 0 Å². The Bertz CT molecular complexity index is 1180. The van der Waals surface area contributed by atoms with Gasteiger partial charge in [0.15, 0.2) is 12.1 Å². The van der Waals surface area contributed by atoms with Crippen LogP contribution in [0.4, 0.5) is 37.8 Å². The normalized spacial score (nSPS) is 24.8. The highest BCUT2D eigenvalue weighted by molar-refractivity contribution is 5.82. The van der Waals surface area contributed by atoms with Crippen molar-refractivity contribution >= 4 is 17.5 Å². The summed E-state index contributed by atoms with van der Waals surface area (Å²) in [5, 5.41) is 0.412. The predicted octanol–water partition coefficient (Wildman–Crippen LogP) is 4.12. The Hall–Kier alpha value is -3.10. The summed E-state index contributed by atoms with van der Waals surface area (Å²) in [6, 6.07) is 6.30. The number of benzene rings is 1. The number of hydrogen-bond donors (Lipinski definition) is 2. The Morgan fingerprint density at radius 3 is 2.22 bits per heavy atom. The molecule has 1 aromatic carbocycles. The van der Waals surface area contributed by atoms with Gasteiger partial charge in [-0.3, -0.25) is 10.6 Å². The van der Waals surface area contributed by atoms with E-state index in [-0.39, 0.29) is 34.6 Å². The van der Waals surface area contributed by atoms with Crippen molar-refractivity contribution in [3.05, 3.63) is 41.5 Å². The largest absolute Gasteiger partial charge is 0.493 e. The van der Waals surface area contributed by atoms with E-state index in [4.69, 9.17) is 11.5 Å². The molecule has 0 aliphatic carbocycles. The molecular formula is C23H26F6N6O2. The summed E-state index contributed by atoms with van der Waals surface area (Å²) in [6.07, 6.45) is -11.0. The predicted molar refractivity (Wildman–Crippen MR) is 123 cm³/mol. The zero-order valence-corrected chi connectivity index (χ0v) is 20.1. The number of anilines is 2. The topological polar surface area (TPSA) is 101 Å². The Morgan fingerprint density at radius 1 is 1.03 bits per heavy atom. The number of hydrogen-bond acceptors (Lipinski definition) is 8. The van der Waals surface area contributed by atoms with Crippen molar-refractivity contribution in [2.45, 2.75) is 63.6 Å². The fourth-order valence-corrected chi connectivity index (χ4v) is 4.85. The zero-order valence-electron chi connectivity index (χ0n) is 20.1. The maximum Gasteiger partial charge on any atom is 0.493 e. The number of carbonyl (C=O) groups is 1. The van der Waals surface area contributed by atoms with Gasteiger partial charge in [0.25, 0.3) is 0 Å². The van der Waals surface area contributed by atoms with Gasteiger partial charge in [0.2, 0.25) is 0 Å². The highest BCUT2D eigenvalue weighted by Gasteiger charge is 2.46. The van der Waals surface area contributed by atoms with Crippen molar-refractivity contribution in [2.24, 2.45) is 11.5 Å². The number of nitrogens with zero attached hydrogens (tertiary/aromatic N) is 4. The van der Waals surface area contributed by atoms with Crippen LogP contribution in [-0.4, -0.2) is 47.5 Å². The van der Waals surface area contributed by atoms with Gasteiger partial charge in [0, 0.05) is 28.9 Å². The van der Waals surface area contributed by atoms with Gasteiger partial charge in [-0.1, -0.05) is 12.1 Å². The van der Waals surface area contributed by atoms with Crippen LogP contribution in [0.5, 0.6) is 0 Å². The van der Waals surface area contributed by atoms with E-state index < -0.39 is 42.2 Å². The Labute approximate surface area is 208 Å². The van der Waals surface area contributed by atoms with Crippen molar-refractivity contribution in [1.29, 1.82) is 0 Å². The van der Waals surface area contributed by atoms with Crippen molar-refractivity contribution < 1.29 is 36.0 Å². The molecule has 8 nitrogen and oxygen atoms in total. The fourth-order valence-electron chi connectivity index (χ4n) is 4.85. The van der Waals surface area contributed by atoms with E-state index in [1.807, 2.05) is 18.7 Å². The van der Waals surface area contributed by atoms with Crippen molar-refractivity contribution in [3.8, 4) is 11.3 Å². The first kappa shape index (κ1) is 26.9. The Morgan fingerprint density at radius 2 is 1.65 bits per heavy atom. The molecular weight excluding hydrogens is 506 g/mol. The lowest BCUT2D eigenvalue weighted by molar-refractivity contribution is -0.204. The molecule has 0 saturated carbocycles. The lowest BCUT2D eigenvalue weighted by atomic mass is 9.98. The number of alkyl halides is 6. The number of hydroxylamine groups is 1. The third-order valence-electron chi connectivity index (χ3n) is 6.78. The summed E-state index contributed by atoms with van der Waals surface area (Å²) in [5.74, 6) is -2.96. The minimum Gasteiger partial charge on any atom is -0.366 e. The monoisotopic (exact) mass is 532 g/mol. The van der Waals surface area contributed by atoms with Crippen LogP contribution in [0.25, 0.3) is 11.3 Å². The van der Waals surface area contributed by atoms with E-state index >= 15 is 0 Å². The lowest BCUT2D eigenvalue weighted by Crippen LogP contribution is -2.60. The van der Waals surface area contributed by atoms with Crippen LogP contribution in [-0.2, 0) is 15.8 Å². The van der Waals surface area contributed by atoms with Crippen LogP contribution in [0.2, 0.25) is 0 Å². The van der Waals surface area contributed by atoms with Gasteiger partial charge in [-0.05, 0) is 51.9 Å². The van der Waals surface area contributed by atoms with E-state index in [1.54, 1.807) is 6.07 Å². The number of fused-ring (bicyclic) bond motifs is 1. The van der Waals surface area contributed by atoms with Gasteiger partial charge in [0.05, 0.1) is 17.4 Å². The molecule has 2 aromatic rings. The molecule has 202 valence electrons. The highest BCUT2D eigenvalue weighted by atomic mass is 19.4. The molecule has 37 heavy (non-hydrogen) atoms. The van der Waals surface area contributed by atoms with Gasteiger partial charge in [-0.2, -0.15) is 31.4 Å². The van der Waals surface area contributed by atoms with Gasteiger partial charge >= 0.3 is 18.3 Å². The maximum atomic E-state index is 14.2. The molecule has 1 fully saturated rings. The van der Waals surface area contributed by atoms with E-state index in [2.05, 4.69) is 9.82 Å². The number of pyridine rings is 1. The summed E-state index contributed by atoms with van der Waals surface area (Å²) in [7, 11) is 1.38. The molecule has 0 bridgehead atoms. The van der Waals surface area contributed by atoms with Gasteiger partial charge in [0.1, 0.15) is 0 Å². The summed E-state index contributed by atoms with van der Waals surface area (Å²) in [4.78, 5) is 23.5. The minimum absolute atomic E-state index is 0.0606. The standard InChI is InChI=1S/C23H26F6N6O2/c1-11-7-8-12(2)34(11)16-6-4-5-14(22(24,25)26)17(16)15-10-9-13-18(30)33(3)21(31)35(19(13)32-15)37-20(36)23(27,28)29/h4-6,9-12,18,21H,7-8,30-31H2,1-3H3. The fraction of sp³-hybridized carbons (Fsp3) is 0.478. The van der Waals surface area contributed by atoms with E-state index in [0.717, 1.165) is 18.9 Å². The zero-order chi connectivity index (χ0) is 27.4. The summed E-state index contributed by atoms with van der Waals surface area (Å²) >= 11 is 0. The van der Waals surface area contributed by atoms with Crippen LogP contribution in [0.3, 0.4) is 0 Å². The van der Waals surface area contributed by atoms with Gasteiger partial charge < -0.3 is 15.5 Å². The number of rotatable bonds is 3. The van der Waals surface area contributed by atoms with Crippen molar-refractivity contribution in [1.82, 2.24) is 9.88 Å². The molecule has 4 unspecified atom stereocenters. The first-order valence-corrected chi connectivity index (χ1v) is 11.4. The molecule has 2 aliphatic heterocycles. The van der Waals surface area contributed by atoms with Crippen molar-refractivity contribution in [2.75, 3.05) is 17.0 Å². The number of nitrogens with two attached hydrogens (primary N) is 2. The molecule has 0 amide bonds. The molecule has 0 spiro atoms. The average Bonchev–Trinajstić information content (AvgIpc) is 3.15. The minimum atomic E-state index is -5.35. The van der Waals surface area contributed by atoms with E-state index in [1.165, 1.54) is 30.1 Å². The summed E-state index contributed by atoms with van der Waals surface area (Å²) < 4.78 is 81.5. The molecule has 4 atom stereocenters. The highest BCUT2D eigenvalue weighted by Crippen LogP contribution is 2.46. The second kappa shape index (κ2) is 9.33. The second-order valence-electron chi connectivity index (χ2n) is 9.22. The number of carbonyl (C=O) groups excluding carboxylic acids is 1. The van der Waals surface area contributed by atoms with E-state index in [0.29, 0.717) is 5.06 Å². The molecule has 4 rings (SSSR count). The van der Waals surface area contributed by atoms with Gasteiger partial charge in [-0.15, -0.1) is 0 Å². The van der Waals surface area contributed by atoms with Crippen LogP contribution >= 0.6 is 0 Å². The lowest BCUT2D eigenvalue weighted by Gasteiger charge is -2.42. The van der Waals surface area contributed by atoms with Gasteiger partial charge in [-0.25, -0.2) is 9.78 Å². The Kier molecular flexibility index (Phi) is 6.80. The summed E-state index contributed by atoms with van der Waals surface area (Å²) in [5.41, 5.74) is 11.1. The molecule has 0 radical (unpaired) electrons. The Balaban J connectivity index is 1.93. The van der Waals surface area contributed by atoms with Crippen LogP contribution in [0, 0.1) is 0 Å². The molecule has 14 heteroatoms. The smallest absolute Gasteiger partial charge is 0.366 e. The molecule has 3 heterocycles. The first-order chi connectivity index (χ1) is 17.1. The maximum absolute atomic E-state index is 14.2. The first-order valence-electron chi connectivity index (χ1n) is 11.4. The quantitative estimate of drug-likeness (QED) is 0.570. The molecule has 2 aliphatic rings. The molecule has 1 aromatic heterocycles. The molecule has 4 N–H and O–H groups in total.